The highest BCUT2D eigenvalue weighted by molar-refractivity contribution is 8.05. The number of hydrogen-bond acceptors (Lipinski definition) is 3. The number of allylic oxidation sites excluding steroid dienone is 2. The van der Waals surface area contributed by atoms with E-state index in [1.807, 2.05) is 17.4 Å². The highest BCUT2D eigenvalue weighted by atomic mass is 32.2. The van der Waals surface area contributed by atoms with E-state index < -0.39 is 16.1 Å². The second kappa shape index (κ2) is 8.68. The third-order valence-electron chi connectivity index (χ3n) is 8.09. The Hall–Kier alpha value is -1.28. The molecule has 0 bridgehead atoms. The average Bonchev–Trinajstić information content (AvgIpc) is 3.34. The monoisotopic (exact) mass is 524 g/mol. The minimum atomic E-state index is -2.08. The van der Waals surface area contributed by atoms with Crippen molar-refractivity contribution in [2.75, 3.05) is 6.61 Å². The van der Waals surface area contributed by atoms with E-state index in [9.17, 15) is 0 Å². The van der Waals surface area contributed by atoms with Gasteiger partial charge in [0.2, 0.25) is 0 Å². The van der Waals surface area contributed by atoms with Gasteiger partial charge in [-0.25, -0.2) is 0 Å². The van der Waals surface area contributed by atoms with E-state index in [1.54, 1.807) is 5.20 Å². The summed E-state index contributed by atoms with van der Waals surface area (Å²) in [6.45, 7) is 28.7. The predicted molar refractivity (Wildman–Crippen MR) is 161 cm³/mol. The van der Waals surface area contributed by atoms with Gasteiger partial charge >= 0.3 is 0 Å². The smallest absolute Gasteiger partial charge is 0.118 e. The molecule has 2 aromatic rings. The van der Waals surface area contributed by atoms with Crippen LogP contribution in [0.4, 0.5) is 0 Å². The van der Waals surface area contributed by atoms with Crippen LogP contribution >= 0.6 is 23.1 Å². The molecule has 0 spiro atoms. The molecular weight excluding hydrogens is 485 g/mol. The SMILES string of the molecule is C=CCOc1c([Si](C)(C)C2=c3sc(C)cc3=C3C=C(C)SC32)cc(C)cc1[Si](C)(C)C(C)(C)C. The maximum atomic E-state index is 6.64. The summed E-state index contributed by atoms with van der Waals surface area (Å²) in [5.41, 5.74) is 2.89. The van der Waals surface area contributed by atoms with Gasteiger partial charge in [0, 0.05) is 9.41 Å². The Morgan fingerprint density at radius 1 is 1.03 bits per heavy atom. The number of hydrogen-bond donors (Lipinski definition) is 0. The number of thiophene rings is 1. The van der Waals surface area contributed by atoms with Crippen molar-refractivity contribution in [3.63, 3.8) is 0 Å². The van der Waals surface area contributed by atoms with Gasteiger partial charge in [0.15, 0.2) is 0 Å². The second-order valence-corrected chi connectivity index (χ2v) is 24.2. The normalized spacial score (nSPS) is 18.2. The van der Waals surface area contributed by atoms with Crippen molar-refractivity contribution in [3.05, 3.63) is 62.0 Å². The highest BCUT2D eigenvalue weighted by Crippen LogP contribution is 2.46. The lowest BCUT2D eigenvalue weighted by Crippen LogP contribution is -2.55. The van der Waals surface area contributed by atoms with Crippen LogP contribution in [-0.4, -0.2) is 28.0 Å². The molecular formula is C29H40OS2Si2. The largest absolute Gasteiger partial charge is 0.490 e. The van der Waals surface area contributed by atoms with Gasteiger partial charge in [0.25, 0.3) is 0 Å². The topological polar surface area (TPSA) is 9.23 Å². The van der Waals surface area contributed by atoms with Crippen LogP contribution in [0, 0.1) is 13.8 Å². The van der Waals surface area contributed by atoms with Gasteiger partial charge in [-0.15, -0.1) is 23.1 Å². The molecule has 0 radical (unpaired) electrons. The van der Waals surface area contributed by atoms with Crippen molar-refractivity contribution >= 4 is 60.4 Å². The number of ether oxygens (including phenoxy) is 1. The van der Waals surface area contributed by atoms with Crippen LogP contribution in [-0.2, 0) is 0 Å². The zero-order valence-corrected chi connectivity index (χ0v) is 26.2. The van der Waals surface area contributed by atoms with Crippen molar-refractivity contribution in [1.29, 1.82) is 0 Å². The van der Waals surface area contributed by atoms with E-state index in [0.717, 1.165) is 5.75 Å². The number of benzene rings is 1. The van der Waals surface area contributed by atoms with Crippen LogP contribution in [0.2, 0.25) is 31.2 Å². The third-order valence-corrected chi connectivity index (χ3v) is 19.9. The Kier molecular flexibility index (Phi) is 6.59. The first kappa shape index (κ1) is 25.8. The lowest BCUT2D eigenvalue weighted by Gasteiger charge is -2.40. The van der Waals surface area contributed by atoms with Gasteiger partial charge in [-0.05, 0) is 69.2 Å². The van der Waals surface area contributed by atoms with Crippen LogP contribution in [0.1, 0.15) is 38.1 Å². The molecule has 1 atom stereocenters. The number of rotatable bonds is 6. The fourth-order valence-electron chi connectivity index (χ4n) is 5.22. The molecule has 1 aliphatic carbocycles. The maximum Gasteiger partial charge on any atom is 0.118 e. The molecule has 4 rings (SSSR count). The Morgan fingerprint density at radius 3 is 2.29 bits per heavy atom. The standard InChI is InChI=1S/C29H40OS2Si2/c1-12-13-30-25-23(14-18(2)15-24(25)34(10,11)29(5,6)7)33(8,9)28-26-21(16-19(3)31-26)22-17-20(4)32-27(22)28/h12,14-17,26H,1,13H2,2-11H3. The molecule has 1 aromatic carbocycles. The summed E-state index contributed by atoms with van der Waals surface area (Å²) in [6, 6.07) is 7.30. The van der Waals surface area contributed by atoms with Crippen molar-refractivity contribution in [2.24, 2.45) is 0 Å². The maximum absolute atomic E-state index is 6.64. The molecule has 1 aliphatic heterocycles. The third kappa shape index (κ3) is 4.06. The average molecular weight is 525 g/mol. The van der Waals surface area contributed by atoms with E-state index in [1.165, 1.54) is 41.0 Å². The summed E-state index contributed by atoms with van der Waals surface area (Å²) in [6.07, 6.45) is 4.33. The second-order valence-electron chi connectivity index (χ2n) is 12.0. The summed E-state index contributed by atoms with van der Waals surface area (Å²) in [7, 11) is -3.91. The molecule has 0 saturated heterocycles. The Bertz CT molecular complexity index is 1320. The van der Waals surface area contributed by atoms with Crippen molar-refractivity contribution in [1.82, 2.24) is 0 Å². The van der Waals surface area contributed by atoms with E-state index >= 15 is 0 Å². The predicted octanol–water partition coefficient (Wildman–Crippen LogP) is 6.13. The van der Waals surface area contributed by atoms with E-state index in [2.05, 4.69) is 110 Å². The fraction of sp³-hybridized carbons (Fsp3) is 0.448. The zero-order valence-electron chi connectivity index (χ0n) is 22.6. The summed E-state index contributed by atoms with van der Waals surface area (Å²) in [5, 5.41) is 6.80. The molecule has 1 aromatic heterocycles. The minimum absolute atomic E-state index is 0.234. The molecule has 2 aliphatic rings. The summed E-state index contributed by atoms with van der Waals surface area (Å²) in [5.74, 6) is 1.16. The van der Waals surface area contributed by atoms with Crippen molar-refractivity contribution in [3.8, 4) is 5.75 Å². The first-order chi connectivity index (χ1) is 15.7. The molecule has 34 heavy (non-hydrogen) atoms. The first-order valence-corrected chi connectivity index (χ1v) is 20.0. The highest BCUT2D eigenvalue weighted by Gasteiger charge is 2.45. The first-order valence-electron chi connectivity index (χ1n) is 12.3. The Balaban J connectivity index is 2.02. The molecule has 0 saturated carbocycles. The lowest BCUT2D eigenvalue weighted by molar-refractivity contribution is 0.368. The van der Waals surface area contributed by atoms with Gasteiger partial charge in [0.1, 0.15) is 20.4 Å². The van der Waals surface area contributed by atoms with Crippen molar-refractivity contribution < 1.29 is 4.74 Å². The number of fused-ring (bicyclic) bond motifs is 2. The molecule has 0 fully saturated rings. The molecule has 182 valence electrons. The molecule has 0 N–H and O–H groups in total. The molecule has 2 heterocycles. The van der Waals surface area contributed by atoms with E-state index in [-0.39, 0.29) is 5.04 Å². The van der Waals surface area contributed by atoms with Crippen LogP contribution in [0.25, 0.3) is 10.8 Å². The molecule has 1 nitrogen and oxygen atoms in total. The summed E-state index contributed by atoms with van der Waals surface area (Å²) in [4.78, 5) is 2.85. The minimum Gasteiger partial charge on any atom is -0.490 e. The van der Waals surface area contributed by atoms with Crippen LogP contribution in [0.15, 0.2) is 41.8 Å². The van der Waals surface area contributed by atoms with Gasteiger partial charge < -0.3 is 4.74 Å². The van der Waals surface area contributed by atoms with Crippen LogP contribution in [0.5, 0.6) is 5.75 Å². The lowest BCUT2D eigenvalue weighted by atomic mass is 10.2. The zero-order chi connectivity index (χ0) is 25.2. The van der Waals surface area contributed by atoms with Gasteiger partial charge in [0.05, 0.1) is 13.3 Å². The summed E-state index contributed by atoms with van der Waals surface area (Å²) >= 11 is 4.05. The molecule has 5 heteroatoms. The van der Waals surface area contributed by atoms with Gasteiger partial charge in [-0.2, -0.15) is 0 Å². The van der Waals surface area contributed by atoms with Crippen LogP contribution < -0.4 is 24.9 Å². The number of thioether (sulfide) groups is 1. The summed E-state index contributed by atoms with van der Waals surface area (Å²) < 4.78 is 8.18. The van der Waals surface area contributed by atoms with Gasteiger partial charge in [-0.1, -0.05) is 77.3 Å². The van der Waals surface area contributed by atoms with E-state index in [4.69, 9.17) is 4.74 Å². The number of aryl methyl sites for hydroxylation is 2. The molecule has 0 amide bonds. The molecule has 1 unspecified atom stereocenters. The quantitative estimate of drug-likeness (QED) is 0.332. The van der Waals surface area contributed by atoms with Crippen molar-refractivity contribution in [2.45, 2.75) is 78.0 Å². The Morgan fingerprint density at radius 2 is 1.68 bits per heavy atom. The van der Waals surface area contributed by atoms with E-state index in [0.29, 0.717) is 11.9 Å². The Labute approximate surface area is 216 Å². The fourth-order valence-corrected chi connectivity index (χ4v) is 14.9. The van der Waals surface area contributed by atoms with Gasteiger partial charge in [-0.3, -0.25) is 0 Å². The van der Waals surface area contributed by atoms with Crippen LogP contribution in [0.3, 0.4) is 0 Å².